The molecule has 2 saturated heterocycles. The normalized spacial score (nSPS) is 17.6. The summed E-state index contributed by atoms with van der Waals surface area (Å²) in [6, 6.07) is 17.6. The molecule has 0 bridgehead atoms. The number of hydrogen-bond acceptors (Lipinski definition) is 6. The number of carbonyl (C=O) groups is 2. The van der Waals surface area contributed by atoms with Gasteiger partial charge in [0.1, 0.15) is 12.4 Å². The lowest BCUT2D eigenvalue weighted by Crippen LogP contribution is -2.46. The minimum Gasteiger partial charge on any atom is -0.376 e. The third-order valence-electron chi connectivity index (χ3n) is 7.32. The Hall–Kier alpha value is -3.85. The van der Waals surface area contributed by atoms with Crippen molar-refractivity contribution in [3.05, 3.63) is 77.6 Å². The maximum Gasteiger partial charge on any atom is 0.254 e. The monoisotopic (exact) mass is 531 g/mol. The predicted octanol–water partition coefficient (Wildman–Crippen LogP) is 3.95. The van der Waals surface area contributed by atoms with Crippen molar-refractivity contribution >= 4 is 17.6 Å². The number of ether oxygens (including phenoxy) is 1. The highest BCUT2D eigenvalue weighted by Crippen LogP contribution is 2.21. The minimum atomic E-state index is -0.406. The van der Waals surface area contributed by atoms with E-state index in [1.807, 2.05) is 29.2 Å². The Kier molecular flexibility index (Phi) is 8.46. The van der Waals surface area contributed by atoms with Gasteiger partial charge >= 0.3 is 0 Å². The maximum absolute atomic E-state index is 13.4. The molecule has 0 unspecified atom stereocenters. The number of carbonyl (C=O) groups excluding carboxylic acids is 2. The summed E-state index contributed by atoms with van der Waals surface area (Å²) in [6.45, 7) is 5.52. The summed E-state index contributed by atoms with van der Waals surface area (Å²) >= 11 is 0. The highest BCUT2D eigenvalue weighted by Gasteiger charge is 2.28. The topological polar surface area (TPSA) is 78.9 Å². The second-order valence-electron chi connectivity index (χ2n) is 10.2. The van der Waals surface area contributed by atoms with Crippen LogP contribution in [0.25, 0.3) is 11.3 Å². The largest absolute Gasteiger partial charge is 0.376 e. The predicted molar refractivity (Wildman–Crippen MR) is 147 cm³/mol. The number of nitrogens with zero attached hydrogens (tertiary/aromatic N) is 5. The van der Waals surface area contributed by atoms with Crippen molar-refractivity contribution in [3.63, 3.8) is 0 Å². The van der Waals surface area contributed by atoms with Crippen LogP contribution in [0.1, 0.15) is 35.2 Å². The lowest BCUT2D eigenvalue weighted by atomic mass is 10.1. The molecular weight excluding hydrogens is 497 g/mol. The summed E-state index contributed by atoms with van der Waals surface area (Å²) in [7, 11) is 0. The molecule has 39 heavy (non-hydrogen) atoms. The number of aryl methyl sites for hydroxylation is 1. The third-order valence-corrected chi connectivity index (χ3v) is 7.32. The lowest BCUT2D eigenvalue weighted by molar-refractivity contribution is -0.132. The van der Waals surface area contributed by atoms with Crippen LogP contribution < -0.4 is 4.90 Å². The average Bonchev–Trinajstić information content (AvgIpc) is 3.34. The molecule has 2 amide bonds. The van der Waals surface area contributed by atoms with Gasteiger partial charge in [-0.05, 0) is 62.6 Å². The van der Waals surface area contributed by atoms with Crippen LogP contribution in [0.4, 0.5) is 10.2 Å². The Bertz CT molecular complexity index is 1260. The van der Waals surface area contributed by atoms with Crippen molar-refractivity contribution in [2.75, 3.05) is 50.8 Å². The number of hydrogen-bond donors (Lipinski definition) is 0. The summed E-state index contributed by atoms with van der Waals surface area (Å²) < 4.78 is 19.2. The number of rotatable bonds is 7. The van der Waals surface area contributed by atoms with Gasteiger partial charge in [-0.15, -0.1) is 10.2 Å². The van der Waals surface area contributed by atoms with Crippen molar-refractivity contribution in [2.24, 2.45) is 0 Å². The third kappa shape index (κ3) is 6.78. The Labute approximate surface area is 228 Å². The highest BCUT2D eigenvalue weighted by molar-refractivity contribution is 5.96. The Morgan fingerprint density at radius 2 is 1.74 bits per heavy atom. The molecule has 8 nitrogen and oxygen atoms in total. The van der Waals surface area contributed by atoms with Crippen molar-refractivity contribution in [3.8, 4) is 11.3 Å². The van der Waals surface area contributed by atoms with E-state index in [-0.39, 0.29) is 24.5 Å². The highest BCUT2D eigenvalue weighted by atomic mass is 19.1. The number of aromatic nitrogens is 2. The zero-order chi connectivity index (χ0) is 27.2. The van der Waals surface area contributed by atoms with E-state index in [1.165, 1.54) is 29.8 Å². The first-order chi connectivity index (χ1) is 19.0. The quantitative estimate of drug-likeness (QED) is 0.460. The summed E-state index contributed by atoms with van der Waals surface area (Å²) in [5, 5.41) is 8.89. The number of halogens is 1. The average molecular weight is 532 g/mol. The van der Waals surface area contributed by atoms with Crippen LogP contribution in [0.3, 0.4) is 0 Å². The van der Waals surface area contributed by atoms with Crippen LogP contribution >= 0.6 is 0 Å². The van der Waals surface area contributed by atoms with Crippen LogP contribution in [-0.4, -0.2) is 83.8 Å². The SMILES string of the molecule is Cc1ccc(-c2ccc(N3CCCN(C(=O)CN(C[C@@H]4CCCO4)C(=O)c4ccc(F)cc4)CC3)nn2)cc1. The van der Waals surface area contributed by atoms with E-state index in [0.29, 0.717) is 38.3 Å². The molecule has 1 aromatic heterocycles. The van der Waals surface area contributed by atoms with Crippen molar-refractivity contribution < 1.29 is 18.7 Å². The lowest BCUT2D eigenvalue weighted by Gasteiger charge is -2.28. The molecule has 2 aromatic carbocycles. The van der Waals surface area contributed by atoms with Gasteiger partial charge < -0.3 is 19.4 Å². The van der Waals surface area contributed by atoms with Crippen LogP contribution in [0.2, 0.25) is 0 Å². The van der Waals surface area contributed by atoms with E-state index in [4.69, 9.17) is 4.74 Å². The van der Waals surface area contributed by atoms with E-state index in [0.717, 1.165) is 42.9 Å². The molecule has 2 aliphatic heterocycles. The van der Waals surface area contributed by atoms with Gasteiger partial charge in [0.25, 0.3) is 5.91 Å². The maximum atomic E-state index is 13.4. The summed E-state index contributed by atoms with van der Waals surface area (Å²) in [5.41, 5.74) is 3.40. The molecule has 9 heteroatoms. The van der Waals surface area contributed by atoms with Gasteiger partial charge in [0.05, 0.1) is 11.8 Å². The molecule has 204 valence electrons. The van der Waals surface area contributed by atoms with Crippen molar-refractivity contribution in [1.82, 2.24) is 20.0 Å². The van der Waals surface area contributed by atoms with Gasteiger partial charge in [0, 0.05) is 50.5 Å². The van der Waals surface area contributed by atoms with E-state index in [1.54, 1.807) is 4.90 Å². The minimum absolute atomic E-state index is 0.0406. The molecule has 3 heterocycles. The number of anilines is 1. The molecule has 5 rings (SSSR count). The molecule has 2 aliphatic rings. The molecule has 0 spiro atoms. The zero-order valence-corrected chi connectivity index (χ0v) is 22.3. The Morgan fingerprint density at radius 3 is 2.44 bits per heavy atom. The first-order valence-corrected chi connectivity index (χ1v) is 13.6. The Balaban J connectivity index is 1.21. The van der Waals surface area contributed by atoms with Crippen LogP contribution in [-0.2, 0) is 9.53 Å². The Morgan fingerprint density at radius 1 is 0.949 bits per heavy atom. The smallest absolute Gasteiger partial charge is 0.254 e. The first kappa shape index (κ1) is 26.7. The second kappa shape index (κ2) is 12.3. The molecule has 0 saturated carbocycles. The standard InChI is InChI=1S/C30H34FN5O3/c1-22-5-7-23(8-6-22)27-13-14-28(33-32-27)34-15-3-16-35(18-17-34)29(37)21-36(20-26-4-2-19-39-26)30(38)24-9-11-25(31)12-10-24/h5-14,26H,2-4,15-21H2,1H3/t26-/m0/s1. The van der Waals surface area contributed by atoms with Gasteiger partial charge in [-0.2, -0.15) is 0 Å². The van der Waals surface area contributed by atoms with E-state index in [9.17, 15) is 14.0 Å². The van der Waals surface area contributed by atoms with Crippen LogP contribution in [0.5, 0.6) is 0 Å². The zero-order valence-electron chi connectivity index (χ0n) is 22.3. The van der Waals surface area contributed by atoms with Crippen molar-refractivity contribution in [1.29, 1.82) is 0 Å². The molecule has 2 fully saturated rings. The van der Waals surface area contributed by atoms with Crippen LogP contribution in [0, 0.1) is 12.7 Å². The fraction of sp³-hybridized carbons (Fsp3) is 0.400. The molecule has 3 aromatic rings. The second-order valence-corrected chi connectivity index (χ2v) is 10.2. The summed E-state index contributed by atoms with van der Waals surface area (Å²) in [5.74, 6) is -0.0195. The van der Waals surface area contributed by atoms with E-state index in [2.05, 4.69) is 34.2 Å². The van der Waals surface area contributed by atoms with Gasteiger partial charge in [0.15, 0.2) is 5.82 Å². The number of benzene rings is 2. The molecule has 1 atom stereocenters. The molecular formula is C30H34FN5O3. The first-order valence-electron chi connectivity index (χ1n) is 13.6. The molecule has 0 radical (unpaired) electrons. The summed E-state index contributed by atoms with van der Waals surface area (Å²) in [4.78, 5) is 32.2. The van der Waals surface area contributed by atoms with Crippen molar-refractivity contribution in [2.45, 2.75) is 32.3 Å². The molecule has 0 N–H and O–H groups in total. The van der Waals surface area contributed by atoms with Gasteiger partial charge in [-0.3, -0.25) is 9.59 Å². The van der Waals surface area contributed by atoms with E-state index >= 15 is 0 Å². The fourth-order valence-electron chi connectivity index (χ4n) is 5.06. The van der Waals surface area contributed by atoms with Crippen LogP contribution in [0.15, 0.2) is 60.7 Å². The number of amides is 2. The van der Waals surface area contributed by atoms with Gasteiger partial charge in [-0.25, -0.2) is 4.39 Å². The van der Waals surface area contributed by atoms with Gasteiger partial charge in [0.2, 0.25) is 5.91 Å². The summed E-state index contributed by atoms with van der Waals surface area (Å²) in [6.07, 6.45) is 2.48. The van der Waals surface area contributed by atoms with Gasteiger partial charge in [-0.1, -0.05) is 29.8 Å². The van der Waals surface area contributed by atoms with E-state index < -0.39 is 5.82 Å². The fourth-order valence-corrected chi connectivity index (χ4v) is 5.06. The molecule has 0 aliphatic carbocycles.